The topological polar surface area (TPSA) is 109 Å². The van der Waals surface area contributed by atoms with Gasteiger partial charge >= 0.3 is 0 Å². The first-order valence-corrected chi connectivity index (χ1v) is 27.2. The van der Waals surface area contributed by atoms with Crippen molar-refractivity contribution in [2.75, 3.05) is 66.1 Å². The minimum Gasteiger partial charge on any atom is -0.493 e. The van der Waals surface area contributed by atoms with Gasteiger partial charge in [-0.15, -0.1) is 0 Å². The van der Waals surface area contributed by atoms with E-state index < -0.39 is 30.5 Å². The number of benzene rings is 2. The summed E-state index contributed by atoms with van der Waals surface area (Å²) in [4.78, 5) is 15.2. The lowest BCUT2D eigenvalue weighted by atomic mass is 9.87. The molecule has 1 aliphatic rings. The van der Waals surface area contributed by atoms with Crippen LogP contribution in [-0.2, 0) is 23.7 Å². The number of rotatable bonds is 41. The van der Waals surface area contributed by atoms with Crippen molar-refractivity contribution in [1.29, 1.82) is 0 Å². The molecule has 0 saturated carbocycles. The van der Waals surface area contributed by atoms with E-state index in [1.807, 2.05) is 30.3 Å². The molecule has 0 aromatic heterocycles. The van der Waals surface area contributed by atoms with Crippen LogP contribution in [0.15, 0.2) is 30.3 Å². The minimum atomic E-state index is -0.777. The van der Waals surface area contributed by atoms with Crippen LogP contribution in [0.25, 0.3) is 6.08 Å². The van der Waals surface area contributed by atoms with Gasteiger partial charge in [0.05, 0.1) is 45.2 Å². The van der Waals surface area contributed by atoms with Crippen molar-refractivity contribution in [3.8, 4) is 28.7 Å². The van der Waals surface area contributed by atoms with Gasteiger partial charge in [0.25, 0.3) is 0 Å². The second-order valence-corrected chi connectivity index (χ2v) is 18.0. The Kier molecular flexibility index (Phi) is 31.7. The predicted molar refractivity (Wildman–Crippen MR) is 276 cm³/mol. The highest BCUT2D eigenvalue weighted by molar-refractivity contribution is 6.11. The van der Waals surface area contributed by atoms with Crippen molar-refractivity contribution in [1.82, 2.24) is 0 Å². The highest BCUT2D eigenvalue weighted by atomic mass is 16.6. The zero-order valence-corrected chi connectivity index (χ0v) is 44.1. The van der Waals surface area contributed by atoms with Gasteiger partial charge in [-0.05, 0) is 81.6 Å². The van der Waals surface area contributed by atoms with E-state index in [9.17, 15) is 0 Å². The molecule has 388 valence electrons. The SMILES string of the molecule is CCCCOCC1OC(c2c(OCCCC)cc(OCCCC)c(C(=O)/C=C/c3ccc(OCCCC)c(OCCCC)c3)c2OCCCC)C(OCCCC)C(OCCCC)C1OCCCC. The summed E-state index contributed by atoms with van der Waals surface area (Å²) in [5.41, 5.74) is 1.75. The number of ether oxygens (including phenoxy) is 10. The molecule has 1 fully saturated rings. The van der Waals surface area contributed by atoms with Crippen molar-refractivity contribution < 1.29 is 52.2 Å². The van der Waals surface area contributed by atoms with E-state index >= 15 is 4.79 Å². The van der Waals surface area contributed by atoms with Gasteiger partial charge in [-0.1, -0.05) is 132 Å². The van der Waals surface area contributed by atoms with Crippen molar-refractivity contribution in [2.45, 2.75) is 208 Å². The van der Waals surface area contributed by atoms with Gasteiger partial charge in [0.15, 0.2) is 17.3 Å². The van der Waals surface area contributed by atoms with E-state index in [0.717, 1.165) is 121 Å². The van der Waals surface area contributed by atoms with Crippen LogP contribution in [0.3, 0.4) is 0 Å². The lowest BCUT2D eigenvalue weighted by Crippen LogP contribution is -2.58. The number of carbonyl (C=O) groups excluding carboxylic acids is 1. The molecule has 5 atom stereocenters. The number of hydrogen-bond donors (Lipinski definition) is 0. The molecule has 1 aliphatic heterocycles. The quantitative estimate of drug-likeness (QED) is 0.0361. The molecule has 2 aromatic rings. The fraction of sp³-hybridized carbons (Fsp3) is 0.737. The molecule has 1 saturated heterocycles. The molecule has 0 amide bonds. The van der Waals surface area contributed by atoms with Crippen LogP contribution in [0.4, 0.5) is 0 Å². The lowest BCUT2D eigenvalue weighted by Gasteiger charge is -2.47. The fourth-order valence-electron chi connectivity index (χ4n) is 7.65. The monoisotopic (exact) mass is 955 g/mol. The number of hydrogen-bond acceptors (Lipinski definition) is 11. The third kappa shape index (κ3) is 20.2. The first-order chi connectivity index (χ1) is 33.4. The summed E-state index contributed by atoms with van der Waals surface area (Å²) >= 11 is 0. The average molecular weight is 955 g/mol. The molecule has 11 nitrogen and oxygen atoms in total. The van der Waals surface area contributed by atoms with Crippen LogP contribution >= 0.6 is 0 Å². The van der Waals surface area contributed by atoms with Crippen molar-refractivity contribution in [3.05, 3.63) is 47.0 Å². The van der Waals surface area contributed by atoms with Gasteiger partial charge in [0.2, 0.25) is 0 Å². The molecule has 11 heteroatoms. The van der Waals surface area contributed by atoms with Crippen LogP contribution in [0.2, 0.25) is 0 Å². The van der Waals surface area contributed by atoms with E-state index in [2.05, 4.69) is 62.3 Å². The molecule has 0 aliphatic carbocycles. The third-order valence-corrected chi connectivity index (χ3v) is 11.9. The summed E-state index contributed by atoms with van der Waals surface area (Å²) in [6.07, 6.45) is 17.2. The van der Waals surface area contributed by atoms with Crippen LogP contribution in [0.5, 0.6) is 28.7 Å². The molecular formula is C57H94O11. The van der Waals surface area contributed by atoms with Gasteiger partial charge in [-0.3, -0.25) is 4.79 Å². The zero-order chi connectivity index (χ0) is 49.2. The largest absolute Gasteiger partial charge is 0.493 e. The molecule has 2 aromatic carbocycles. The summed E-state index contributed by atoms with van der Waals surface area (Å²) in [5.74, 6) is 2.43. The molecule has 68 heavy (non-hydrogen) atoms. The Labute approximate surface area is 413 Å². The second-order valence-electron chi connectivity index (χ2n) is 18.0. The summed E-state index contributed by atoms with van der Waals surface area (Å²) in [7, 11) is 0. The predicted octanol–water partition coefficient (Wildman–Crippen LogP) is 14.3. The molecule has 1 heterocycles. The van der Waals surface area contributed by atoms with Crippen LogP contribution < -0.4 is 23.7 Å². The van der Waals surface area contributed by atoms with Crippen molar-refractivity contribution in [3.63, 3.8) is 0 Å². The fourth-order valence-corrected chi connectivity index (χ4v) is 7.65. The van der Waals surface area contributed by atoms with E-state index in [1.54, 1.807) is 6.08 Å². The van der Waals surface area contributed by atoms with Gasteiger partial charge in [-0.2, -0.15) is 0 Å². The highest BCUT2D eigenvalue weighted by Gasteiger charge is 2.51. The van der Waals surface area contributed by atoms with Gasteiger partial charge in [-0.25, -0.2) is 0 Å². The summed E-state index contributed by atoms with van der Waals surface area (Å²) in [6.45, 7) is 24.3. The van der Waals surface area contributed by atoms with Gasteiger partial charge in [0.1, 0.15) is 53.3 Å². The molecule has 0 radical (unpaired) electrons. The molecule has 0 N–H and O–H groups in total. The van der Waals surface area contributed by atoms with Crippen LogP contribution in [0.1, 0.15) is 205 Å². The van der Waals surface area contributed by atoms with Gasteiger partial charge in [0, 0.05) is 32.5 Å². The first kappa shape index (κ1) is 59.0. The Morgan fingerprint density at radius 2 is 0.941 bits per heavy atom. The summed E-state index contributed by atoms with van der Waals surface area (Å²) < 4.78 is 67.2. The van der Waals surface area contributed by atoms with Crippen LogP contribution in [0, 0.1) is 0 Å². The zero-order valence-electron chi connectivity index (χ0n) is 44.1. The molecule has 0 spiro atoms. The first-order valence-electron chi connectivity index (χ1n) is 27.2. The van der Waals surface area contributed by atoms with Crippen molar-refractivity contribution in [2.24, 2.45) is 0 Å². The van der Waals surface area contributed by atoms with Gasteiger partial charge < -0.3 is 47.4 Å². The van der Waals surface area contributed by atoms with E-state index in [4.69, 9.17) is 47.4 Å². The minimum absolute atomic E-state index is 0.267. The van der Waals surface area contributed by atoms with E-state index in [-0.39, 0.29) is 5.78 Å². The number of ketones is 1. The third-order valence-electron chi connectivity index (χ3n) is 11.9. The lowest BCUT2D eigenvalue weighted by molar-refractivity contribution is -0.268. The smallest absolute Gasteiger partial charge is 0.193 e. The van der Waals surface area contributed by atoms with E-state index in [0.29, 0.717) is 106 Å². The molecule has 0 bridgehead atoms. The number of allylic oxidation sites excluding steroid dienone is 1. The highest BCUT2D eigenvalue weighted by Crippen LogP contribution is 2.49. The standard InChI is InChI=1S/C57H94O11/c1-10-19-32-59-43-50-53(64-37-24-15-6)56(66-39-26-17-8)57(67-40-27-18-9)55(68-50)52-49(63-36-23-14-5)42-48(62-35-22-13-4)51(54(52)65-38-25-16-7)45(58)30-28-44-29-31-46(60-33-20-11-2)47(41-44)61-34-21-12-3/h28-31,41-42,50,53,55-57H,10-27,32-40,43H2,1-9H3/b30-28+. The summed E-state index contributed by atoms with van der Waals surface area (Å²) in [6, 6.07) is 7.72. The molecule has 5 unspecified atom stereocenters. The maximum Gasteiger partial charge on any atom is 0.193 e. The summed E-state index contributed by atoms with van der Waals surface area (Å²) in [5, 5.41) is 0. The molecule has 3 rings (SSSR count). The normalized spacial score (nSPS) is 18.3. The number of unbranched alkanes of at least 4 members (excludes halogenated alkanes) is 9. The Balaban J connectivity index is 2.40. The maximum atomic E-state index is 15.2. The second kappa shape index (κ2) is 36.6. The van der Waals surface area contributed by atoms with Crippen LogP contribution in [-0.4, -0.2) is 96.3 Å². The Morgan fingerprint density at radius 3 is 1.50 bits per heavy atom. The Morgan fingerprint density at radius 1 is 0.485 bits per heavy atom. The maximum absolute atomic E-state index is 15.2. The Hall–Kier alpha value is -3.35. The Bertz CT molecular complexity index is 1650. The van der Waals surface area contributed by atoms with Crippen molar-refractivity contribution >= 4 is 11.9 Å². The molecular weight excluding hydrogens is 861 g/mol. The average Bonchev–Trinajstić information content (AvgIpc) is 3.34. The van der Waals surface area contributed by atoms with E-state index in [1.165, 1.54) is 0 Å². The number of carbonyl (C=O) groups is 1.